The third-order valence-electron chi connectivity index (χ3n) is 13.3. The second-order valence-corrected chi connectivity index (χ2v) is 15.9. The van der Waals surface area contributed by atoms with E-state index in [1.54, 1.807) is 0 Å². The average molecular weight is 700 g/mol. The van der Waals surface area contributed by atoms with Crippen LogP contribution in [0.25, 0.3) is 44.5 Å². The number of nitrogens with zero attached hydrogens (tertiary/aromatic N) is 1. The maximum Gasteiger partial charge on any atom is 0.0725 e. The third-order valence-corrected chi connectivity index (χ3v) is 13.3. The Hall–Kier alpha value is -6.57. The number of hydrogen-bond donors (Lipinski definition) is 0. The van der Waals surface area contributed by atoms with Crippen molar-refractivity contribution in [2.24, 2.45) is 4.99 Å². The molecule has 0 unspecified atom stereocenters. The summed E-state index contributed by atoms with van der Waals surface area (Å²) in [6.07, 6.45) is 0. The summed E-state index contributed by atoms with van der Waals surface area (Å²) in [4.78, 5) is 5.13. The Morgan fingerprint density at radius 1 is 0.327 bits per heavy atom. The molecule has 0 radical (unpaired) electrons. The second-order valence-electron chi connectivity index (χ2n) is 15.9. The van der Waals surface area contributed by atoms with E-state index in [0.29, 0.717) is 0 Å². The molecule has 8 aromatic carbocycles. The van der Waals surface area contributed by atoms with E-state index in [2.05, 4.69) is 184 Å². The van der Waals surface area contributed by atoms with E-state index in [1.165, 1.54) is 100 Å². The van der Waals surface area contributed by atoms with Gasteiger partial charge < -0.3 is 0 Å². The SMILES string of the molecule is CN=C(c1ccc2c(c1)C1(c3ccccc3-c3ccccc31)c1ccccc1-2)c1ccc2c(c1)C1(c3ccccc3-2)c2cc(C)ccc2-c2ccc(C)cc21. The summed E-state index contributed by atoms with van der Waals surface area (Å²) < 4.78 is 0. The predicted molar refractivity (Wildman–Crippen MR) is 227 cm³/mol. The van der Waals surface area contributed by atoms with Crippen LogP contribution in [-0.4, -0.2) is 12.8 Å². The van der Waals surface area contributed by atoms with Gasteiger partial charge in [0.15, 0.2) is 0 Å². The van der Waals surface area contributed by atoms with Gasteiger partial charge in [0.05, 0.1) is 16.5 Å². The van der Waals surface area contributed by atoms with Gasteiger partial charge in [-0.25, -0.2) is 0 Å². The Kier molecular flexibility index (Phi) is 6.04. The van der Waals surface area contributed by atoms with E-state index >= 15 is 0 Å². The normalized spacial score (nSPS) is 15.2. The van der Waals surface area contributed by atoms with Gasteiger partial charge in [-0.15, -0.1) is 0 Å². The van der Waals surface area contributed by atoms with Crippen molar-refractivity contribution in [2.75, 3.05) is 7.05 Å². The van der Waals surface area contributed by atoms with E-state index in [-0.39, 0.29) is 0 Å². The number of aryl methyl sites for hydroxylation is 2. The molecular weight excluding hydrogens is 663 g/mol. The van der Waals surface area contributed by atoms with Crippen LogP contribution in [0.5, 0.6) is 0 Å². The zero-order chi connectivity index (χ0) is 36.6. The lowest BCUT2D eigenvalue weighted by molar-refractivity contribution is 0.791. The van der Waals surface area contributed by atoms with Crippen molar-refractivity contribution >= 4 is 5.71 Å². The molecule has 0 atom stereocenters. The van der Waals surface area contributed by atoms with Crippen LogP contribution in [0.2, 0.25) is 0 Å². The quantitative estimate of drug-likeness (QED) is 0.159. The molecule has 1 heteroatoms. The molecule has 0 heterocycles. The number of benzene rings is 8. The molecule has 0 aromatic heterocycles. The van der Waals surface area contributed by atoms with Gasteiger partial charge in [0.1, 0.15) is 0 Å². The second kappa shape index (κ2) is 10.8. The van der Waals surface area contributed by atoms with Crippen LogP contribution in [0.15, 0.2) is 175 Å². The number of rotatable bonds is 2. The third kappa shape index (κ3) is 3.67. The van der Waals surface area contributed by atoms with Gasteiger partial charge in [0, 0.05) is 18.2 Å². The Morgan fingerprint density at radius 2 is 0.618 bits per heavy atom. The fourth-order valence-corrected chi connectivity index (χ4v) is 11.2. The monoisotopic (exact) mass is 699 g/mol. The standard InChI is InChI=1S/C54H37N/c1-32-20-24-40-41-25-21-33(2)29-49(41)54(48(40)28-32)47-19-11-7-15-39(47)43-27-23-35(31-51(43)54)52(55-3)34-22-26-42-38-14-6-10-18-46(38)53(50(42)30-34)44-16-8-4-12-36(44)37-13-5-9-17-45(37)53/h4-31H,1-3H3. The van der Waals surface area contributed by atoms with E-state index in [0.717, 1.165) is 16.8 Å². The zero-order valence-corrected chi connectivity index (χ0v) is 31.1. The van der Waals surface area contributed by atoms with Crippen molar-refractivity contribution < 1.29 is 0 Å². The summed E-state index contributed by atoms with van der Waals surface area (Å²) in [6, 6.07) is 64.5. The summed E-state index contributed by atoms with van der Waals surface area (Å²) in [6.45, 7) is 4.45. The van der Waals surface area contributed by atoms with Crippen LogP contribution in [0, 0.1) is 13.8 Å². The molecule has 0 fully saturated rings. The average Bonchev–Trinajstić information content (AvgIpc) is 3.89. The molecule has 12 rings (SSSR count). The Morgan fingerprint density at radius 3 is 0.982 bits per heavy atom. The van der Waals surface area contributed by atoms with Gasteiger partial charge in [0.2, 0.25) is 0 Å². The van der Waals surface area contributed by atoms with E-state index in [9.17, 15) is 0 Å². The topological polar surface area (TPSA) is 12.4 Å². The molecule has 0 aliphatic heterocycles. The Balaban J connectivity index is 1.10. The first kappa shape index (κ1) is 30.8. The van der Waals surface area contributed by atoms with Crippen molar-refractivity contribution in [3.05, 3.63) is 237 Å². The van der Waals surface area contributed by atoms with Crippen molar-refractivity contribution in [3.8, 4) is 44.5 Å². The molecule has 4 aliphatic rings. The van der Waals surface area contributed by atoms with Gasteiger partial charge in [0.25, 0.3) is 0 Å². The summed E-state index contributed by atoms with van der Waals surface area (Å²) in [7, 11) is 1.96. The van der Waals surface area contributed by atoms with Crippen molar-refractivity contribution in [1.29, 1.82) is 0 Å². The van der Waals surface area contributed by atoms with Crippen LogP contribution in [-0.2, 0) is 10.8 Å². The molecule has 4 aliphatic carbocycles. The lowest BCUT2D eigenvalue weighted by Gasteiger charge is -2.31. The lowest BCUT2D eigenvalue weighted by Crippen LogP contribution is -2.26. The maximum absolute atomic E-state index is 5.13. The molecule has 0 saturated heterocycles. The van der Waals surface area contributed by atoms with Gasteiger partial charge in [-0.3, -0.25) is 4.99 Å². The predicted octanol–water partition coefficient (Wildman–Crippen LogP) is 12.5. The van der Waals surface area contributed by atoms with E-state index in [1.807, 2.05) is 7.05 Å². The molecule has 258 valence electrons. The molecule has 0 N–H and O–H groups in total. The molecule has 0 bridgehead atoms. The fraction of sp³-hybridized carbons (Fsp3) is 0.0926. The lowest BCUT2D eigenvalue weighted by atomic mass is 9.69. The van der Waals surface area contributed by atoms with Gasteiger partial charge in [-0.1, -0.05) is 169 Å². The molecule has 1 nitrogen and oxygen atoms in total. The minimum Gasteiger partial charge on any atom is -0.287 e. The van der Waals surface area contributed by atoms with E-state index in [4.69, 9.17) is 4.99 Å². The van der Waals surface area contributed by atoms with Crippen molar-refractivity contribution in [1.82, 2.24) is 0 Å². The summed E-state index contributed by atoms with van der Waals surface area (Å²) in [5.41, 5.74) is 26.4. The van der Waals surface area contributed by atoms with Gasteiger partial charge in [-0.05, 0) is 115 Å². The van der Waals surface area contributed by atoms with Crippen LogP contribution >= 0.6 is 0 Å². The highest BCUT2D eigenvalue weighted by molar-refractivity contribution is 6.14. The van der Waals surface area contributed by atoms with Crippen LogP contribution in [0.3, 0.4) is 0 Å². The van der Waals surface area contributed by atoms with Crippen LogP contribution < -0.4 is 0 Å². The number of hydrogen-bond acceptors (Lipinski definition) is 1. The highest BCUT2D eigenvalue weighted by Crippen LogP contribution is 2.64. The van der Waals surface area contributed by atoms with E-state index < -0.39 is 10.8 Å². The molecular formula is C54H37N. The molecule has 2 spiro atoms. The zero-order valence-electron chi connectivity index (χ0n) is 31.1. The van der Waals surface area contributed by atoms with Gasteiger partial charge in [-0.2, -0.15) is 0 Å². The molecule has 8 aromatic rings. The number of fused-ring (bicyclic) bond motifs is 20. The van der Waals surface area contributed by atoms with Crippen molar-refractivity contribution in [2.45, 2.75) is 24.7 Å². The molecule has 0 saturated carbocycles. The fourth-order valence-electron chi connectivity index (χ4n) is 11.2. The first-order valence-corrected chi connectivity index (χ1v) is 19.4. The Bertz CT molecular complexity index is 2910. The molecule has 0 amide bonds. The van der Waals surface area contributed by atoms with Gasteiger partial charge >= 0.3 is 0 Å². The highest BCUT2D eigenvalue weighted by Gasteiger charge is 2.53. The largest absolute Gasteiger partial charge is 0.287 e. The molecule has 55 heavy (non-hydrogen) atoms. The smallest absolute Gasteiger partial charge is 0.0725 e. The summed E-state index contributed by atoms with van der Waals surface area (Å²) >= 11 is 0. The van der Waals surface area contributed by atoms with Crippen LogP contribution in [0.4, 0.5) is 0 Å². The van der Waals surface area contributed by atoms with Crippen LogP contribution in [0.1, 0.15) is 66.8 Å². The summed E-state index contributed by atoms with van der Waals surface area (Å²) in [5, 5.41) is 0. The highest BCUT2D eigenvalue weighted by atomic mass is 14.7. The minimum atomic E-state index is -0.412. The van der Waals surface area contributed by atoms with Crippen molar-refractivity contribution in [3.63, 3.8) is 0 Å². The first-order valence-electron chi connectivity index (χ1n) is 19.4. The summed E-state index contributed by atoms with van der Waals surface area (Å²) in [5.74, 6) is 0. The maximum atomic E-state index is 5.13. The minimum absolute atomic E-state index is 0.398. The first-order chi connectivity index (χ1) is 27.0. The Labute approximate surface area is 322 Å². The number of aliphatic imine (C=N–C) groups is 1.